The summed E-state index contributed by atoms with van der Waals surface area (Å²) in [5.74, 6) is 0. The van der Waals surface area contributed by atoms with Crippen LogP contribution < -0.4 is 0 Å². The number of aliphatic hydroxyl groups is 2. The second-order valence-corrected chi connectivity index (χ2v) is 7.97. The van der Waals surface area contributed by atoms with Gasteiger partial charge in [0.15, 0.2) is 0 Å². The lowest BCUT2D eigenvalue weighted by atomic mass is 9.77. The molecule has 0 heterocycles. The Hall–Kier alpha value is -0.0800. The van der Waals surface area contributed by atoms with Gasteiger partial charge in [0.05, 0.1) is 12.2 Å². The summed E-state index contributed by atoms with van der Waals surface area (Å²) in [5, 5.41) is 20.9. The highest BCUT2D eigenvalue weighted by atomic mass is 16.3. The van der Waals surface area contributed by atoms with Crippen molar-refractivity contribution in [2.45, 2.75) is 130 Å². The molecule has 2 nitrogen and oxygen atoms in total. The van der Waals surface area contributed by atoms with Crippen molar-refractivity contribution in [2.24, 2.45) is 5.41 Å². The number of aliphatic hydroxyl groups excluding tert-OH is 2. The molecule has 2 heteroatoms. The molecular weight excluding hydrogens is 284 g/mol. The van der Waals surface area contributed by atoms with Gasteiger partial charge in [-0.1, -0.05) is 105 Å². The minimum Gasteiger partial charge on any atom is -0.392 e. The van der Waals surface area contributed by atoms with Crippen LogP contribution in [0.1, 0.15) is 118 Å². The molecule has 2 atom stereocenters. The van der Waals surface area contributed by atoms with E-state index in [9.17, 15) is 10.2 Å². The van der Waals surface area contributed by atoms with Crippen molar-refractivity contribution in [3.05, 3.63) is 0 Å². The molecule has 0 spiro atoms. The monoisotopic (exact) mass is 328 g/mol. The quantitative estimate of drug-likeness (QED) is 0.329. The maximum Gasteiger partial charge on any atom is 0.0615 e. The molecule has 0 saturated heterocycles. The van der Waals surface area contributed by atoms with Crippen LogP contribution in [0.5, 0.6) is 0 Å². The summed E-state index contributed by atoms with van der Waals surface area (Å²) >= 11 is 0. The molecule has 0 saturated carbocycles. The van der Waals surface area contributed by atoms with Gasteiger partial charge in [-0.05, 0) is 12.8 Å². The zero-order valence-electron chi connectivity index (χ0n) is 16.4. The first-order valence-corrected chi connectivity index (χ1v) is 10.3. The third-order valence-electron chi connectivity index (χ3n) is 5.38. The highest BCUT2D eigenvalue weighted by Crippen LogP contribution is 2.31. The lowest BCUT2D eigenvalue weighted by Gasteiger charge is -2.35. The van der Waals surface area contributed by atoms with Crippen molar-refractivity contribution in [1.82, 2.24) is 0 Å². The summed E-state index contributed by atoms with van der Waals surface area (Å²) in [6.07, 6.45) is 15.9. The predicted octanol–water partition coefficient (Wildman–Crippen LogP) is 6.24. The van der Waals surface area contributed by atoms with Crippen LogP contribution in [0.2, 0.25) is 0 Å². The minimum absolute atomic E-state index is 0.382. The van der Waals surface area contributed by atoms with Gasteiger partial charge in [0, 0.05) is 5.41 Å². The van der Waals surface area contributed by atoms with Crippen LogP contribution in [-0.2, 0) is 0 Å². The average molecular weight is 329 g/mol. The van der Waals surface area contributed by atoms with Gasteiger partial charge in [0.1, 0.15) is 0 Å². The van der Waals surface area contributed by atoms with Gasteiger partial charge in [-0.2, -0.15) is 0 Å². The zero-order valence-corrected chi connectivity index (χ0v) is 16.4. The summed E-state index contributed by atoms with van der Waals surface area (Å²) in [6.45, 7) is 8.52. The average Bonchev–Trinajstić information content (AvgIpc) is 2.53. The fourth-order valence-electron chi connectivity index (χ4n) is 3.20. The first kappa shape index (κ1) is 22.9. The lowest BCUT2D eigenvalue weighted by Crippen LogP contribution is -2.40. The Morgan fingerprint density at radius 3 is 1.22 bits per heavy atom. The molecule has 2 unspecified atom stereocenters. The van der Waals surface area contributed by atoms with E-state index in [1.165, 1.54) is 64.2 Å². The SMILES string of the molecule is CCCCCCCCC(O)C(C)(C)C(O)CCCCCCCC. The first-order chi connectivity index (χ1) is 11.0. The van der Waals surface area contributed by atoms with Crippen molar-refractivity contribution in [2.75, 3.05) is 0 Å². The Balaban J connectivity index is 3.83. The number of rotatable bonds is 16. The second-order valence-electron chi connectivity index (χ2n) is 7.97. The highest BCUT2D eigenvalue weighted by molar-refractivity contribution is 4.84. The molecule has 0 radical (unpaired) electrons. The molecule has 0 amide bonds. The molecule has 0 aromatic carbocycles. The Bertz CT molecular complexity index is 226. The Labute approximate surface area is 146 Å². The zero-order chi connectivity index (χ0) is 17.6. The summed E-state index contributed by atoms with van der Waals surface area (Å²) < 4.78 is 0. The molecule has 0 aromatic heterocycles. The third kappa shape index (κ3) is 11.2. The topological polar surface area (TPSA) is 40.5 Å². The number of unbranched alkanes of at least 4 members (excludes halogenated alkanes) is 10. The molecule has 0 bridgehead atoms. The largest absolute Gasteiger partial charge is 0.392 e. The fraction of sp³-hybridized carbons (Fsp3) is 1.00. The highest BCUT2D eigenvalue weighted by Gasteiger charge is 2.34. The first-order valence-electron chi connectivity index (χ1n) is 10.3. The summed E-state index contributed by atoms with van der Waals surface area (Å²) in [6, 6.07) is 0. The molecule has 23 heavy (non-hydrogen) atoms. The van der Waals surface area contributed by atoms with Crippen molar-refractivity contribution in [3.8, 4) is 0 Å². The van der Waals surface area contributed by atoms with Gasteiger partial charge in [0.2, 0.25) is 0 Å². The number of hydrogen-bond donors (Lipinski definition) is 2. The lowest BCUT2D eigenvalue weighted by molar-refractivity contribution is -0.0555. The maximum atomic E-state index is 10.5. The van der Waals surface area contributed by atoms with E-state index in [2.05, 4.69) is 13.8 Å². The van der Waals surface area contributed by atoms with Gasteiger partial charge in [-0.3, -0.25) is 0 Å². The molecule has 0 aliphatic rings. The van der Waals surface area contributed by atoms with Crippen molar-refractivity contribution in [3.63, 3.8) is 0 Å². The Morgan fingerprint density at radius 2 is 0.870 bits per heavy atom. The van der Waals surface area contributed by atoms with Crippen LogP contribution in [-0.4, -0.2) is 22.4 Å². The van der Waals surface area contributed by atoms with E-state index in [-0.39, 0.29) is 17.6 Å². The Morgan fingerprint density at radius 1 is 0.565 bits per heavy atom. The molecule has 0 aliphatic heterocycles. The van der Waals surface area contributed by atoms with Crippen LogP contribution in [0, 0.1) is 5.41 Å². The predicted molar refractivity (Wildman–Crippen MR) is 102 cm³/mol. The van der Waals surface area contributed by atoms with Gasteiger partial charge < -0.3 is 10.2 Å². The van der Waals surface area contributed by atoms with E-state index in [1.807, 2.05) is 13.8 Å². The van der Waals surface area contributed by atoms with Gasteiger partial charge in [0.25, 0.3) is 0 Å². The van der Waals surface area contributed by atoms with Crippen LogP contribution in [0.3, 0.4) is 0 Å². The molecule has 0 aromatic rings. The Kier molecular flexibility index (Phi) is 14.2. The fourth-order valence-corrected chi connectivity index (χ4v) is 3.20. The summed E-state index contributed by atoms with van der Waals surface area (Å²) in [5.41, 5.74) is -0.382. The third-order valence-corrected chi connectivity index (χ3v) is 5.38. The molecule has 2 N–H and O–H groups in total. The van der Waals surface area contributed by atoms with Crippen molar-refractivity contribution in [1.29, 1.82) is 0 Å². The summed E-state index contributed by atoms with van der Waals surface area (Å²) in [4.78, 5) is 0. The van der Waals surface area contributed by atoms with E-state index >= 15 is 0 Å². The standard InChI is InChI=1S/C21H44O2/c1-5-7-9-11-13-15-17-19(22)21(3,4)20(23)18-16-14-12-10-8-6-2/h19-20,22-23H,5-18H2,1-4H3. The van der Waals surface area contributed by atoms with Crippen molar-refractivity contribution < 1.29 is 10.2 Å². The summed E-state index contributed by atoms with van der Waals surface area (Å²) in [7, 11) is 0. The number of hydrogen-bond acceptors (Lipinski definition) is 2. The van der Waals surface area contributed by atoms with Crippen molar-refractivity contribution >= 4 is 0 Å². The van der Waals surface area contributed by atoms with Crippen LogP contribution >= 0.6 is 0 Å². The van der Waals surface area contributed by atoms with Gasteiger partial charge in [-0.25, -0.2) is 0 Å². The molecule has 0 fully saturated rings. The van der Waals surface area contributed by atoms with Crippen LogP contribution in [0.25, 0.3) is 0 Å². The molecule has 0 rings (SSSR count). The van der Waals surface area contributed by atoms with E-state index in [0.29, 0.717) is 0 Å². The van der Waals surface area contributed by atoms with Crippen LogP contribution in [0.15, 0.2) is 0 Å². The van der Waals surface area contributed by atoms with E-state index in [0.717, 1.165) is 25.7 Å². The second kappa shape index (κ2) is 14.3. The maximum absolute atomic E-state index is 10.5. The van der Waals surface area contributed by atoms with E-state index in [4.69, 9.17) is 0 Å². The smallest absolute Gasteiger partial charge is 0.0615 e. The minimum atomic E-state index is -0.385. The van der Waals surface area contributed by atoms with E-state index in [1.54, 1.807) is 0 Å². The van der Waals surface area contributed by atoms with Gasteiger partial charge >= 0.3 is 0 Å². The van der Waals surface area contributed by atoms with Gasteiger partial charge in [-0.15, -0.1) is 0 Å². The van der Waals surface area contributed by atoms with Crippen LogP contribution in [0.4, 0.5) is 0 Å². The van der Waals surface area contributed by atoms with E-state index < -0.39 is 0 Å². The normalized spacial score (nSPS) is 14.9. The molecular formula is C21H44O2. The molecule has 140 valence electrons. The molecule has 0 aliphatic carbocycles.